The van der Waals surface area contributed by atoms with E-state index in [-0.39, 0.29) is 10.6 Å². The van der Waals surface area contributed by atoms with Crippen molar-refractivity contribution >= 4 is 52.2 Å². The second-order valence-electron chi connectivity index (χ2n) is 5.38. The number of thioether (sulfide) groups is 1. The first kappa shape index (κ1) is 18.2. The zero-order valence-corrected chi connectivity index (χ0v) is 14.8. The summed E-state index contributed by atoms with van der Waals surface area (Å²) in [6, 6.07) is 12.2. The molecule has 0 spiro atoms. The van der Waals surface area contributed by atoms with Crippen LogP contribution < -0.4 is 5.32 Å². The van der Waals surface area contributed by atoms with Crippen molar-refractivity contribution in [2.24, 2.45) is 0 Å². The van der Waals surface area contributed by atoms with Crippen LogP contribution in [0.3, 0.4) is 0 Å². The number of carbonyl (C=O) groups excluding carboxylic acids is 3. The summed E-state index contributed by atoms with van der Waals surface area (Å²) in [5.41, 5.74) is 0.920. The Morgan fingerprint density at radius 3 is 2.69 bits per heavy atom. The van der Waals surface area contributed by atoms with Gasteiger partial charge in [0.1, 0.15) is 12.4 Å². The Morgan fingerprint density at radius 1 is 1.19 bits per heavy atom. The molecule has 1 N–H and O–H groups in total. The Kier molecular flexibility index (Phi) is 5.39. The minimum atomic E-state index is -0.595. The summed E-state index contributed by atoms with van der Waals surface area (Å²) in [5, 5.41) is 2.41. The number of benzene rings is 2. The lowest BCUT2D eigenvalue weighted by Gasteiger charge is -2.12. The highest BCUT2D eigenvalue weighted by Crippen LogP contribution is 2.32. The zero-order valence-electron chi connectivity index (χ0n) is 13.2. The van der Waals surface area contributed by atoms with Crippen molar-refractivity contribution < 1.29 is 18.8 Å². The SMILES string of the molecule is O=C(CN1C(=O)S/C(=C/c2cccc(Cl)c2)C1=O)Nc1cccc(F)c1. The predicted molar refractivity (Wildman–Crippen MR) is 99.2 cm³/mol. The average Bonchev–Trinajstić information content (AvgIpc) is 2.82. The number of hydrogen-bond donors (Lipinski definition) is 1. The molecule has 1 saturated heterocycles. The van der Waals surface area contributed by atoms with Gasteiger partial charge in [-0.2, -0.15) is 0 Å². The van der Waals surface area contributed by atoms with Crippen molar-refractivity contribution in [3.8, 4) is 0 Å². The number of amides is 3. The number of rotatable bonds is 4. The Bertz CT molecular complexity index is 932. The Labute approximate surface area is 157 Å². The molecule has 0 aliphatic carbocycles. The van der Waals surface area contributed by atoms with Gasteiger partial charge in [-0.15, -0.1) is 0 Å². The van der Waals surface area contributed by atoms with Crippen LogP contribution in [0.2, 0.25) is 5.02 Å². The third-order valence-corrected chi connectivity index (χ3v) is 4.57. The molecule has 132 valence electrons. The first-order valence-electron chi connectivity index (χ1n) is 7.49. The Hall–Kier alpha value is -2.64. The van der Waals surface area contributed by atoms with Crippen LogP contribution in [0, 0.1) is 5.82 Å². The molecule has 8 heteroatoms. The number of carbonyl (C=O) groups is 3. The molecule has 0 aromatic heterocycles. The molecule has 1 aliphatic rings. The summed E-state index contributed by atoms with van der Waals surface area (Å²) in [6.45, 7) is -0.450. The fourth-order valence-corrected chi connectivity index (χ4v) is 3.33. The van der Waals surface area contributed by atoms with Crippen LogP contribution in [0.5, 0.6) is 0 Å². The molecule has 2 aromatic carbocycles. The van der Waals surface area contributed by atoms with Gasteiger partial charge in [0.15, 0.2) is 0 Å². The molecule has 0 bridgehead atoms. The number of imide groups is 1. The van der Waals surface area contributed by atoms with Gasteiger partial charge in [0, 0.05) is 10.7 Å². The van der Waals surface area contributed by atoms with E-state index in [1.807, 2.05) is 0 Å². The molecule has 26 heavy (non-hydrogen) atoms. The van der Waals surface area contributed by atoms with Gasteiger partial charge in [0.05, 0.1) is 4.91 Å². The maximum absolute atomic E-state index is 13.1. The number of anilines is 1. The van der Waals surface area contributed by atoms with Gasteiger partial charge < -0.3 is 5.32 Å². The number of nitrogens with one attached hydrogen (secondary N) is 1. The molecule has 0 radical (unpaired) electrons. The molecule has 1 fully saturated rings. The minimum absolute atomic E-state index is 0.204. The standard InChI is InChI=1S/C18H12ClFN2O3S/c19-12-4-1-3-11(7-12)8-15-17(24)22(18(25)26-15)10-16(23)21-14-6-2-5-13(20)9-14/h1-9H,10H2,(H,21,23)/b15-8+. The Balaban J connectivity index is 1.70. The lowest BCUT2D eigenvalue weighted by atomic mass is 10.2. The van der Waals surface area contributed by atoms with Gasteiger partial charge in [0.25, 0.3) is 11.1 Å². The van der Waals surface area contributed by atoms with Gasteiger partial charge in [0.2, 0.25) is 5.91 Å². The van der Waals surface area contributed by atoms with Crippen molar-refractivity contribution in [2.75, 3.05) is 11.9 Å². The number of nitrogens with zero attached hydrogens (tertiary/aromatic N) is 1. The highest BCUT2D eigenvalue weighted by Gasteiger charge is 2.36. The van der Waals surface area contributed by atoms with E-state index in [2.05, 4.69) is 5.32 Å². The van der Waals surface area contributed by atoms with Crippen LogP contribution in [0.1, 0.15) is 5.56 Å². The van der Waals surface area contributed by atoms with E-state index >= 15 is 0 Å². The van der Waals surface area contributed by atoms with E-state index in [1.165, 1.54) is 18.2 Å². The maximum Gasteiger partial charge on any atom is 0.294 e. The summed E-state index contributed by atoms with van der Waals surface area (Å²) in [6.07, 6.45) is 1.54. The molecule has 5 nitrogen and oxygen atoms in total. The predicted octanol–water partition coefficient (Wildman–Crippen LogP) is 4.15. The van der Waals surface area contributed by atoms with Gasteiger partial charge in [-0.05, 0) is 53.7 Å². The topological polar surface area (TPSA) is 66.5 Å². The summed E-state index contributed by atoms with van der Waals surface area (Å²) in [5.74, 6) is -1.66. The second-order valence-corrected chi connectivity index (χ2v) is 6.81. The van der Waals surface area contributed by atoms with E-state index in [1.54, 1.807) is 30.3 Å². The fourth-order valence-electron chi connectivity index (χ4n) is 2.29. The van der Waals surface area contributed by atoms with Crippen molar-refractivity contribution in [1.29, 1.82) is 0 Å². The van der Waals surface area contributed by atoms with Gasteiger partial charge in [-0.3, -0.25) is 19.3 Å². The quantitative estimate of drug-likeness (QED) is 0.796. The van der Waals surface area contributed by atoms with Crippen LogP contribution in [-0.2, 0) is 9.59 Å². The summed E-state index contributed by atoms with van der Waals surface area (Å²) < 4.78 is 13.1. The smallest absolute Gasteiger partial charge is 0.294 e. The normalized spacial score (nSPS) is 15.6. The third kappa shape index (κ3) is 4.30. The molecule has 0 atom stereocenters. The summed E-state index contributed by atoms with van der Waals surface area (Å²) in [4.78, 5) is 37.5. The minimum Gasteiger partial charge on any atom is -0.324 e. The van der Waals surface area contributed by atoms with Gasteiger partial charge >= 0.3 is 0 Å². The monoisotopic (exact) mass is 390 g/mol. The molecule has 3 rings (SSSR count). The fraction of sp³-hybridized carbons (Fsp3) is 0.0556. The van der Waals surface area contributed by atoms with Crippen LogP contribution in [-0.4, -0.2) is 28.5 Å². The first-order valence-corrected chi connectivity index (χ1v) is 8.68. The summed E-state index contributed by atoms with van der Waals surface area (Å²) >= 11 is 6.65. The lowest BCUT2D eigenvalue weighted by Crippen LogP contribution is -2.36. The molecule has 2 aromatic rings. The third-order valence-electron chi connectivity index (χ3n) is 3.43. The van der Waals surface area contributed by atoms with Crippen LogP contribution >= 0.6 is 23.4 Å². The molecular weight excluding hydrogens is 379 g/mol. The van der Waals surface area contributed by atoms with E-state index in [4.69, 9.17) is 11.6 Å². The largest absolute Gasteiger partial charge is 0.324 e. The van der Waals surface area contributed by atoms with Gasteiger partial charge in [-0.1, -0.05) is 29.8 Å². The summed E-state index contributed by atoms with van der Waals surface area (Å²) in [7, 11) is 0. The van der Waals surface area contributed by atoms with Crippen LogP contribution in [0.25, 0.3) is 6.08 Å². The Morgan fingerprint density at radius 2 is 1.96 bits per heavy atom. The molecule has 0 saturated carbocycles. The average molecular weight is 391 g/mol. The molecular formula is C18H12ClFN2O3S. The van der Waals surface area contributed by atoms with E-state index in [9.17, 15) is 18.8 Å². The molecule has 1 heterocycles. The number of halogens is 2. The zero-order chi connectivity index (χ0) is 18.7. The van der Waals surface area contributed by atoms with E-state index in [0.29, 0.717) is 10.6 Å². The highest BCUT2D eigenvalue weighted by molar-refractivity contribution is 8.18. The highest BCUT2D eigenvalue weighted by atomic mass is 35.5. The molecule has 0 unspecified atom stereocenters. The molecule has 1 aliphatic heterocycles. The van der Waals surface area contributed by atoms with Crippen LogP contribution in [0.15, 0.2) is 53.4 Å². The lowest BCUT2D eigenvalue weighted by molar-refractivity contribution is -0.127. The molecule has 3 amide bonds. The first-order chi connectivity index (χ1) is 12.4. The second kappa shape index (κ2) is 7.72. The van der Waals surface area contributed by atoms with E-state index < -0.39 is 29.4 Å². The number of hydrogen-bond acceptors (Lipinski definition) is 4. The van der Waals surface area contributed by atoms with Crippen molar-refractivity contribution in [3.63, 3.8) is 0 Å². The van der Waals surface area contributed by atoms with Crippen molar-refractivity contribution in [1.82, 2.24) is 4.90 Å². The van der Waals surface area contributed by atoms with Gasteiger partial charge in [-0.25, -0.2) is 4.39 Å². The maximum atomic E-state index is 13.1. The van der Waals surface area contributed by atoms with E-state index in [0.717, 1.165) is 22.7 Å². The van der Waals surface area contributed by atoms with Crippen molar-refractivity contribution in [3.05, 3.63) is 69.8 Å². The van der Waals surface area contributed by atoms with Crippen LogP contribution in [0.4, 0.5) is 14.9 Å². The van der Waals surface area contributed by atoms with Crippen molar-refractivity contribution in [2.45, 2.75) is 0 Å².